The summed E-state index contributed by atoms with van der Waals surface area (Å²) in [6.07, 6.45) is 5.13. The third kappa shape index (κ3) is 4.26. The third-order valence-corrected chi connectivity index (χ3v) is 6.77. The summed E-state index contributed by atoms with van der Waals surface area (Å²) in [5.41, 5.74) is 1.08. The van der Waals surface area contributed by atoms with E-state index in [0.29, 0.717) is 32.1 Å². The van der Waals surface area contributed by atoms with Crippen LogP contribution in [0.5, 0.6) is 0 Å². The van der Waals surface area contributed by atoms with Gasteiger partial charge in [-0.1, -0.05) is 42.5 Å². The average molecular weight is 438 g/mol. The Balaban J connectivity index is 1.23. The van der Waals surface area contributed by atoms with E-state index in [4.69, 9.17) is 0 Å². The molecule has 8 nitrogen and oxygen atoms in total. The predicted molar refractivity (Wildman–Crippen MR) is 121 cm³/mol. The largest absolute Gasteiger partial charge is 0.355 e. The Kier molecular flexibility index (Phi) is 6.58. The highest BCUT2D eigenvalue weighted by atomic mass is 16.2. The number of rotatable bonds is 8. The van der Waals surface area contributed by atoms with Gasteiger partial charge < -0.3 is 15.5 Å². The van der Waals surface area contributed by atoms with E-state index in [1.807, 2.05) is 37.3 Å². The molecule has 3 aliphatic rings. The molecule has 1 aliphatic heterocycles. The summed E-state index contributed by atoms with van der Waals surface area (Å²) in [6.45, 7) is 3.92. The number of guanidine groups is 1. The fourth-order valence-electron chi connectivity index (χ4n) is 5.14. The molecule has 1 aromatic carbocycles. The van der Waals surface area contributed by atoms with Gasteiger partial charge in [-0.25, -0.2) is 0 Å². The molecule has 4 unspecified atom stereocenters. The Morgan fingerprint density at radius 1 is 1.09 bits per heavy atom. The smallest absolute Gasteiger partial charge is 0.242 e. The van der Waals surface area contributed by atoms with Crippen LogP contribution in [0.1, 0.15) is 18.9 Å². The molecule has 3 amide bonds. The highest BCUT2D eigenvalue weighted by Gasteiger charge is 2.58. The first-order chi connectivity index (χ1) is 15.5. The zero-order valence-electron chi connectivity index (χ0n) is 18.7. The SMILES string of the molecule is CCN(Cc1ccccc1)C(=O)CNC(=NC)NCCN1C(=O)C2C3C=CC(C3)C2C1=O. The minimum absolute atomic E-state index is 0.0278. The van der Waals surface area contributed by atoms with E-state index in [9.17, 15) is 14.4 Å². The number of aliphatic imine (C=N–C) groups is 1. The number of carbonyl (C=O) groups excluding carboxylic acids is 3. The van der Waals surface area contributed by atoms with Gasteiger partial charge in [0.25, 0.3) is 0 Å². The molecule has 2 N–H and O–H groups in total. The van der Waals surface area contributed by atoms with Crippen molar-refractivity contribution in [1.29, 1.82) is 0 Å². The quantitative estimate of drug-likeness (QED) is 0.274. The zero-order valence-corrected chi connectivity index (χ0v) is 18.7. The molecule has 0 spiro atoms. The van der Waals surface area contributed by atoms with Crippen molar-refractivity contribution in [2.24, 2.45) is 28.7 Å². The molecule has 8 heteroatoms. The second-order valence-electron chi connectivity index (χ2n) is 8.57. The number of imide groups is 1. The Labute approximate surface area is 188 Å². The molecule has 4 rings (SSSR count). The molecule has 2 aliphatic carbocycles. The Morgan fingerprint density at radius 3 is 2.34 bits per heavy atom. The lowest BCUT2D eigenvalue weighted by molar-refractivity contribution is -0.140. The van der Waals surface area contributed by atoms with Crippen LogP contribution in [0.3, 0.4) is 0 Å². The number of fused-ring (bicyclic) bond motifs is 5. The van der Waals surface area contributed by atoms with Crippen molar-refractivity contribution in [1.82, 2.24) is 20.4 Å². The fraction of sp³-hybridized carbons (Fsp3) is 0.500. The molecule has 1 saturated heterocycles. The number of benzene rings is 1. The fourth-order valence-corrected chi connectivity index (χ4v) is 5.14. The molecular formula is C24H31N5O3. The van der Waals surface area contributed by atoms with E-state index in [0.717, 1.165) is 12.0 Å². The summed E-state index contributed by atoms with van der Waals surface area (Å²) in [6, 6.07) is 9.88. The van der Waals surface area contributed by atoms with Gasteiger partial charge in [-0.2, -0.15) is 0 Å². The number of amides is 3. The van der Waals surface area contributed by atoms with Gasteiger partial charge in [0.2, 0.25) is 17.7 Å². The first-order valence-electron chi connectivity index (χ1n) is 11.3. The van der Waals surface area contributed by atoms with Crippen LogP contribution >= 0.6 is 0 Å². The minimum atomic E-state index is -0.169. The summed E-state index contributed by atoms with van der Waals surface area (Å²) < 4.78 is 0. The molecule has 32 heavy (non-hydrogen) atoms. The Bertz CT molecular complexity index is 899. The van der Waals surface area contributed by atoms with E-state index < -0.39 is 0 Å². The molecule has 0 radical (unpaired) electrons. The summed E-state index contributed by atoms with van der Waals surface area (Å²) in [7, 11) is 1.63. The molecule has 4 atom stereocenters. The van der Waals surface area contributed by atoms with E-state index in [2.05, 4.69) is 27.8 Å². The highest BCUT2D eigenvalue weighted by molar-refractivity contribution is 6.06. The molecular weight excluding hydrogens is 406 g/mol. The number of nitrogens with zero attached hydrogens (tertiary/aromatic N) is 3. The monoisotopic (exact) mass is 437 g/mol. The summed E-state index contributed by atoms with van der Waals surface area (Å²) in [4.78, 5) is 45.4. The van der Waals surface area contributed by atoms with E-state index in [-0.39, 0.29) is 47.9 Å². The minimum Gasteiger partial charge on any atom is -0.355 e. The molecule has 170 valence electrons. The van der Waals surface area contributed by atoms with Gasteiger partial charge in [0.05, 0.1) is 18.4 Å². The number of allylic oxidation sites excluding steroid dienone is 2. The van der Waals surface area contributed by atoms with Gasteiger partial charge in [0.1, 0.15) is 0 Å². The van der Waals surface area contributed by atoms with Crippen molar-refractivity contribution in [3.63, 3.8) is 0 Å². The van der Waals surface area contributed by atoms with Gasteiger partial charge in [0.15, 0.2) is 5.96 Å². The van der Waals surface area contributed by atoms with Crippen LogP contribution in [0.25, 0.3) is 0 Å². The van der Waals surface area contributed by atoms with Crippen LogP contribution in [0.4, 0.5) is 0 Å². The Morgan fingerprint density at radius 2 is 1.75 bits per heavy atom. The molecule has 0 aromatic heterocycles. The number of carbonyl (C=O) groups is 3. The summed E-state index contributed by atoms with van der Waals surface area (Å²) >= 11 is 0. The first kappa shape index (κ1) is 22.0. The van der Waals surface area contributed by atoms with Crippen molar-refractivity contribution < 1.29 is 14.4 Å². The van der Waals surface area contributed by atoms with Crippen LogP contribution in [-0.2, 0) is 20.9 Å². The normalized spacial score (nSPS) is 25.9. The van der Waals surface area contributed by atoms with Crippen LogP contribution in [-0.4, -0.2) is 66.7 Å². The number of hydrogen-bond acceptors (Lipinski definition) is 4. The first-order valence-corrected chi connectivity index (χ1v) is 11.3. The van der Waals surface area contributed by atoms with Crippen LogP contribution in [0.15, 0.2) is 47.5 Å². The molecule has 1 aromatic rings. The third-order valence-electron chi connectivity index (χ3n) is 6.77. The van der Waals surface area contributed by atoms with Crippen molar-refractivity contribution in [2.45, 2.75) is 19.9 Å². The van der Waals surface area contributed by atoms with Gasteiger partial charge in [-0.05, 0) is 30.7 Å². The maximum absolute atomic E-state index is 12.8. The molecule has 2 bridgehead atoms. The second-order valence-corrected chi connectivity index (χ2v) is 8.57. The second kappa shape index (κ2) is 9.54. The van der Waals surface area contributed by atoms with E-state index in [1.165, 1.54) is 4.90 Å². The van der Waals surface area contributed by atoms with Crippen molar-refractivity contribution in [3.8, 4) is 0 Å². The zero-order chi connectivity index (χ0) is 22.7. The summed E-state index contributed by atoms with van der Waals surface area (Å²) in [5, 5.41) is 6.14. The maximum atomic E-state index is 12.8. The van der Waals surface area contributed by atoms with Crippen LogP contribution < -0.4 is 10.6 Å². The van der Waals surface area contributed by atoms with Gasteiger partial charge in [-0.3, -0.25) is 24.3 Å². The van der Waals surface area contributed by atoms with Gasteiger partial charge >= 0.3 is 0 Å². The van der Waals surface area contributed by atoms with Crippen molar-refractivity contribution in [3.05, 3.63) is 48.0 Å². The number of likely N-dealkylation sites (N-methyl/N-ethyl adjacent to an activating group) is 1. The topological polar surface area (TPSA) is 94.1 Å². The predicted octanol–water partition coefficient (Wildman–Crippen LogP) is 1.01. The lowest BCUT2D eigenvalue weighted by Crippen LogP contribution is -2.47. The molecule has 2 fully saturated rings. The Hall–Kier alpha value is -3.16. The lowest BCUT2D eigenvalue weighted by Gasteiger charge is -2.22. The number of likely N-dealkylation sites (tertiary alicyclic amines) is 1. The van der Waals surface area contributed by atoms with E-state index >= 15 is 0 Å². The molecule has 1 saturated carbocycles. The highest BCUT2D eigenvalue weighted by Crippen LogP contribution is 2.52. The van der Waals surface area contributed by atoms with E-state index in [1.54, 1.807) is 11.9 Å². The standard InChI is InChI=1S/C24H31N5O3/c1-3-28(15-16-7-5-4-6-8-16)19(30)14-27-24(25-2)26-11-12-29-22(31)20-17-9-10-18(13-17)21(20)23(29)32/h4-10,17-18,20-21H,3,11-15H2,1-2H3,(H2,25,26,27). The van der Waals surface area contributed by atoms with Gasteiger partial charge in [0, 0.05) is 33.2 Å². The number of hydrogen-bond donors (Lipinski definition) is 2. The summed E-state index contributed by atoms with van der Waals surface area (Å²) in [5.74, 6) is 0.451. The lowest BCUT2D eigenvalue weighted by atomic mass is 9.85. The number of nitrogens with one attached hydrogen (secondary N) is 2. The van der Waals surface area contributed by atoms with Crippen molar-refractivity contribution in [2.75, 3.05) is 33.2 Å². The van der Waals surface area contributed by atoms with Crippen LogP contribution in [0, 0.1) is 23.7 Å². The molecule has 1 heterocycles. The maximum Gasteiger partial charge on any atom is 0.242 e. The van der Waals surface area contributed by atoms with Crippen molar-refractivity contribution >= 4 is 23.7 Å². The average Bonchev–Trinajstić information content (AvgIpc) is 3.49. The van der Waals surface area contributed by atoms with Crippen LogP contribution in [0.2, 0.25) is 0 Å². The van der Waals surface area contributed by atoms with Gasteiger partial charge in [-0.15, -0.1) is 0 Å².